The Hall–Kier alpha value is -0.220. The third kappa shape index (κ3) is 6.27. The first-order chi connectivity index (χ1) is 6.61. The smallest absolute Gasteiger partial charge is 0.316 e. The SMILES string of the molecule is CCCCC(SC(C)CCO)C(=O)O. The fraction of sp³-hybridized carbons (Fsp3) is 0.900. The highest BCUT2D eigenvalue weighted by molar-refractivity contribution is 8.01. The Labute approximate surface area is 89.9 Å². The number of aliphatic carboxylic acids is 1. The molecule has 0 radical (unpaired) electrons. The topological polar surface area (TPSA) is 57.5 Å². The summed E-state index contributed by atoms with van der Waals surface area (Å²) in [6.45, 7) is 4.15. The maximum Gasteiger partial charge on any atom is 0.316 e. The van der Waals surface area contributed by atoms with Crippen LogP contribution in [-0.2, 0) is 4.79 Å². The highest BCUT2D eigenvalue weighted by Crippen LogP contribution is 2.24. The van der Waals surface area contributed by atoms with Crippen LogP contribution in [0.25, 0.3) is 0 Å². The molecule has 0 saturated carbocycles. The van der Waals surface area contributed by atoms with Gasteiger partial charge in [-0.25, -0.2) is 0 Å². The van der Waals surface area contributed by atoms with E-state index in [1.807, 2.05) is 6.92 Å². The number of aliphatic hydroxyl groups excluding tert-OH is 1. The first-order valence-electron chi connectivity index (χ1n) is 5.10. The van der Waals surface area contributed by atoms with Crippen LogP contribution < -0.4 is 0 Å². The van der Waals surface area contributed by atoms with Crippen LogP contribution >= 0.6 is 11.8 Å². The molecule has 0 heterocycles. The van der Waals surface area contributed by atoms with Crippen molar-refractivity contribution >= 4 is 17.7 Å². The first-order valence-corrected chi connectivity index (χ1v) is 6.05. The van der Waals surface area contributed by atoms with E-state index in [9.17, 15) is 4.79 Å². The molecular weight excluding hydrogens is 200 g/mol. The maximum atomic E-state index is 10.9. The van der Waals surface area contributed by atoms with Crippen molar-refractivity contribution < 1.29 is 15.0 Å². The number of unbranched alkanes of at least 4 members (excludes halogenated alkanes) is 1. The number of carboxylic acids is 1. The highest BCUT2D eigenvalue weighted by atomic mass is 32.2. The zero-order valence-corrected chi connectivity index (χ0v) is 9.72. The number of aliphatic hydroxyl groups is 1. The number of carboxylic acid groups (broad SMARTS) is 1. The van der Waals surface area contributed by atoms with E-state index in [0.29, 0.717) is 6.42 Å². The van der Waals surface area contributed by atoms with Crippen LogP contribution in [0.3, 0.4) is 0 Å². The zero-order chi connectivity index (χ0) is 11.0. The fourth-order valence-electron chi connectivity index (χ4n) is 1.17. The van der Waals surface area contributed by atoms with Gasteiger partial charge in [0.15, 0.2) is 0 Å². The van der Waals surface area contributed by atoms with E-state index in [1.165, 1.54) is 11.8 Å². The van der Waals surface area contributed by atoms with Gasteiger partial charge in [-0.1, -0.05) is 26.7 Å². The summed E-state index contributed by atoms with van der Waals surface area (Å²) >= 11 is 1.46. The van der Waals surface area contributed by atoms with Gasteiger partial charge in [-0.3, -0.25) is 4.79 Å². The lowest BCUT2D eigenvalue weighted by Gasteiger charge is -2.16. The van der Waals surface area contributed by atoms with Crippen molar-refractivity contribution in [1.82, 2.24) is 0 Å². The number of rotatable bonds is 8. The van der Waals surface area contributed by atoms with Gasteiger partial charge < -0.3 is 10.2 Å². The molecule has 0 spiro atoms. The molecule has 14 heavy (non-hydrogen) atoms. The molecule has 0 aromatic carbocycles. The Bertz CT molecular complexity index is 161. The molecule has 0 aromatic heterocycles. The lowest BCUT2D eigenvalue weighted by Crippen LogP contribution is -2.19. The van der Waals surface area contributed by atoms with Crippen LogP contribution in [0.5, 0.6) is 0 Å². The van der Waals surface area contributed by atoms with Gasteiger partial charge in [-0.05, 0) is 12.8 Å². The van der Waals surface area contributed by atoms with E-state index < -0.39 is 5.97 Å². The Balaban J connectivity index is 3.89. The highest BCUT2D eigenvalue weighted by Gasteiger charge is 2.19. The van der Waals surface area contributed by atoms with Crippen molar-refractivity contribution in [3.63, 3.8) is 0 Å². The van der Waals surface area contributed by atoms with Gasteiger partial charge in [0, 0.05) is 11.9 Å². The summed E-state index contributed by atoms with van der Waals surface area (Å²) in [4.78, 5) is 10.9. The standard InChI is InChI=1S/C10H20O3S/c1-3-4-5-9(10(12)13)14-8(2)6-7-11/h8-9,11H,3-7H2,1-2H3,(H,12,13). The van der Waals surface area contributed by atoms with E-state index in [1.54, 1.807) is 0 Å². The zero-order valence-electron chi connectivity index (χ0n) is 8.90. The lowest BCUT2D eigenvalue weighted by atomic mass is 10.2. The molecule has 0 aromatic rings. The predicted molar refractivity (Wildman–Crippen MR) is 59.7 cm³/mol. The Morgan fingerprint density at radius 1 is 1.43 bits per heavy atom. The Kier molecular flexibility index (Phi) is 7.99. The summed E-state index contributed by atoms with van der Waals surface area (Å²) < 4.78 is 0. The minimum Gasteiger partial charge on any atom is -0.480 e. The van der Waals surface area contributed by atoms with Crippen molar-refractivity contribution in [2.75, 3.05) is 6.61 Å². The molecular formula is C10H20O3S. The summed E-state index contributed by atoms with van der Waals surface area (Å²) in [6.07, 6.45) is 3.38. The number of carbonyl (C=O) groups is 1. The van der Waals surface area contributed by atoms with Gasteiger partial charge in [0.1, 0.15) is 5.25 Å². The molecule has 2 unspecified atom stereocenters. The minimum atomic E-state index is -0.728. The molecule has 2 N–H and O–H groups in total. The van der Waals surface area contributed by atoms with E-state index >= 15 is 0 Å². The quantitative estimate of drug-likeness (QED) is 0.658. The normalized spacial score (nSPS) is 15.1. The number of thioether (sulfide) groups is 1. The van der Waals surface area contributed by atoms with Gasteiger partial charge >= 0.3 is 5.97 Å². The molecule has 0 fully saturated rings. The van der Waals surface area contributed by atoms with Gasteiger partial charge in [0.05, 0.1) is 0 Å². The molecule has 0 aliphatic carbocycles. The molecule has 2 atom stereocenters. The third-order valence-corrected chi connectivity index (χ3v) is 3.49. The van der Waals surface area contributed by atoms with E-state index in [-0.39, 0.29) is 17.1 Å². The minimum absolute atomic E-state index is 0.133. The van der Waals surface area contributed by atoms with Gasteiger partial charge in [0.25, 0.3) is 0 Å². The van der Waals surface area contributed by atoms with Gasteiger partial charge in [0.2, 0.25) is 0 Å². The first kappa shape index (κ1) is 13.8. The fourth-order valence-corrected chi connectivity index (χ4v) is 2.39. The summed E-state index contributed by atoms with van der Waals surface area (Å²) in [6, 6.07) is 0. The van der Waals surface area contributed by atoms with Crippen LogP contribution in [-0.4, -0.2) is 33.3 Å². The number of hydrogen-bond donors (Lipinski definition) is 2. The van der Waals surface area contributed by atoms with Crippen LogP contribution in [0.2, 0.25) is 0 Å². The second-order valence-electron chi connectivity index (χ2n) is 3.43. The average Bonchev–Trinajstić information content (AvgIpc) is 2.12. The monoisotopic (exact) mass is 220 g/mol. The summed E-state index contributed by atoms with van der Waals surface area (Å²) in [5, 5.41) is 17.5. The molecule has 0 rings (SSSR count). The van der Waals surface area contributed by atoms with Crippen LogP contribution in [0.4, 0.5) is 0 Å². The molecule has 0 bridgehead atoms. The third-order valence-electron chi connectivity index (χ3n) is 2.03. The second kappa shape index (κ2) is 8.12. The Morgan fingerprint density at radius 3 is 2.50 bits per heavy atom. The van der Waals surface area contributed by atoms with Gasteiger partial charge in [-0.15, -0.1) is 11.8 Å². The largest absolute Gasteiger partial charge is 0.480 e. The van der Waals surface area contributed by atoms with Crippen molar-refractivity contribution in [1.29, 1.82) is 0 Å². The number of hydrogen-bond acceptors (Lipinski definition) is 3. The second-order valence-corrected chi connectivity index (χ2v) is 5.07. The lowest BCUT2D eigenvalue weighted by molar-refractivity contribution is -0.136. The molecule has 4 heteroatoms. The summed E-state index contributed by atoms with van der Waals surface area (Å²) in [7, 11) is 0. The molecule has 0 aliphatic heterocycles. The summed E-state index contributed by atoms with van der Waals surface area (Å²) in [5.74, 6) is -0.728. The van der Waals surface area contributed by atoms with E-state index in [2.05, 4.69) is 6.92 Å². The van der Waals surface area contributed by atoms with Crippen LogP contribution in [0.15, 0.2) is 0 Å². The van der Waals surface area contributed by atoms with Crippen LogP contribution in [0, 0.1) is 0 Å². The van der Waals surface area contributed by atoms with E-state index in [0.717, 1.165) is 19.3 Å². The van der Waals surface area contributed by atoms with Crippen molar-refractivity contribution in [3.8, 4) is 0 Å². The van der Waals surface area contributed by atoms with Crippen molar-refractivity contribution in [2.45, 2.75) is 50.0 Å². The molecule has 0 aliphatic rings. The van der Waals surface area contributed by atoms with Crippen molar-refractivity contribution in [3.05, 3.63) is 0 Å². The van der Waals surface area contributed by atoms with E-state index in [4.69, 9.17) is 10.2 Å². The Morgan fingerprint density at radius 2 is 2.07 bits per heavy atom. The van der Waals surface area contributed by atoms with Crippen LogP contribution in [0.1, 0.15) is 39.5 Å². The molecule has 3 nitrogen and oxygen atoms in total. The molecule has 84 valence electrons. The summed E-state index contributed by atoms with van der Waals surface area (Å²) in [5.41, 5.74) is 0. The molecule has 0 amide bonds. The predicted octanol–water partition coefficient (Wildman–Crippen LogP) is 2.13. The molecule has 0 saturated heterocycles. The van der Waals surface area contributed by atoms with Gasteiger partial charge in [-0.2, -0.15) is 0 Å². The average molecular weight is 220 g/mol. The maximum absolute atomic E-state index is 10.9. The van der Waals surface area contributed by atoms with Crippen molar-refractivity contribution in [2.24, 2.45) is 0 Å².